The van der Waals surface area contributed by atoms with Crippen LogP contribution in [-0.4, -0.2) is 50.5 Å². The highest BCUT2D eigenvalue weighted by Gasteiger charge is 2.28. The second-order valence-electron chi connectivity index (χ2n) is 9.14. The molecule has 2 fully saturated rings. The van der Waals surface area contributed by atoms with Gasteiger partial charge in [0.15, 0.2) is 16.3 Å². The molecule has 0 unspecified atom stereocenters. The molecule has 5 rings (SSSR count). The number of hydrogen-bond donors (Lipinski definition) is 1. The van der Waals surface area contributed by atoms with Gasteiger partial charge in [-0.25, -0.2) is 4.39 Å². The number of rotatable bonds is 3. The molecule has 12 heteroatoms. The van der Waals surface area contributed by atoms with Gasteiger partial charge in [-0.3, -0.25) is 18.3 Å². The number of nitriles is 1. The Labute approximate surface area is 222 Å². The lowest BCUT2D eigenvalue weighted by molar-refractivity contribution is 0.101. The number of aromatic nitrogens is 2. The fourth-order valence-electron chi connectivity index (χ4n) is 4.40. The van der Waals surface area contributed by atoms with Gasteiger partial charge in [0.2, 0.25) is 0 Å². The summed E-state index contributed by atoms with van der Waals surface area (Å²) in [4.78, 5) is 40.1. The topological polar surface area (TPSA) is 117 Å². The number of Topliss-reactive ketones (excluding diaryl/α,β-unsaturated/α-hetero) is 1. The minimum absolute atomic E-state index is 0.117. The zero-order chi connectivity index (χ0) is 27.0. The summed E-state index contributed by atoms with van der Waals surface area (Å²) in [5.41, 5.74) is 6.61. The standard InChI is InChI=1S/C19H21FN4O2S.C6H6N2OS/c1-11(25)14-10-24(12-2-3-12)16-9-17(15(20)8-13(16)18(14)26)22-4-6-23(7-5-22)19(21)27;1-4-5(3-7)6(9)8(2)10-4/h8-10,12H,2-7H2,1H3,(H2,21,27);1-2H3. The Balaban J connectivity index is 0.000000270. The number of hydrogen-bond acceptors (Lipinski definition) is 7. The third kappa shape index (κ3) is 5.28. The molecular weight excluding hydrogens is 515 g/mol. The molecule has 0 amide bonds. The van der Waals surface area contributed by atoms with E-state index in [1.54, 1.807) is 26.2 Å². The molecule has 1 saturated carbocycles. The zero-order valence-electron chi connectivity index (χ0n) is 20.8. The van der Waals surface area contributed by atoms with Crippen LogP contribution in [0.25, 0.3) is 10.9 Å². The predicted molar refractivity (Wildman–Crippen MR) is 146 cm³/mol. The lowest BCUT2D eigenvalue weighted by Crippen LogP contribution is -2.50. The van der Waals surface area contributed by atoms with Crippen molar-refractivity contribution in [3.05, 3.63) is 60.7 Å². The third-order valence-corrected chi connectivity index (χ3v) is 7.77. The zero-order valence-corrected chi connectivity index (χ0v) is 22.4. The van der Waals surface area contributed by atoms with Crippen LogP contribution in [0.5, 0.6) is 0 Å². The summed E-state index contributed by atoms with van der Waals surface area (Å²) in [7, 11) is 1.65. The average Bonchev–Trinajstić information content (AvgIpc) is 3.66. The van der Waals surface area contributed by atoms with Crippen molar-refractivity contribution >= 4 is 51.2 Å². The quantitative estimate of drug-likeness (QED) is 0.397. The molecule has 9 nitrogen and oxygen atoms in total. The highest BCUT2D eigenvalue weighted by molar-refractivity contribution is 7.80. The normalized spacial score (nSPS) is 15.2. The Bertz CT molecular complexity index is 1560. The van der Waals surface area contributed by atoms with Gasteiger partial charge < -0.3 is 20.1 Å². The summed E-state index contributed by atoms with van der Waals surface area (Å²) in [6.45, 7) is 5.59. The van der Waals surface area contributed by atoms with Gasteiger partial charge in [0.25, 0.3) is 5.56 Å². The van der Waals surface area contributed by atoms with E-state index >= 15 is 0 Å². The van der Waals surface area contributed by atoms with Gasteiger partial charge in [0, 0.05) is 55.7 Å². The van der Waals surface area contributed by atoms with Crippen molar-refractivity contribution in [1.29, 1.82) is 5.26 Å². The van der Waals surface area contributed by atoms with Gasteiger partial charge in [-0.05, 0) is 51.0 Å². The van der Waals surface area contributed by atoms with Crippen LogP contribution in [0, 0.1) is 24.1 Å². The first-order valence-electron chi connectivity index (χ1n) is 11.8. The molecule has 0 spiro atoms. The van der Waals surface area contributed by atoms with E-state index in [1.165, 1.54) is 28.5 Å². The first-order valence-corrected chi connectivity index (χ1v) is 13.0. The maximum atomic E-state index is 14.9. The van der Waals surface area contributed by atoms with Crippen LogP contribution >= 0.6 is 23.8 Å². The predicted octanol–water partition coefficient (Wildman–Crippen LogP) is 2.67. The van der Waals surface area contributed by atoms with Crippen LogP contribution in [0.2, 0.25) is 0 Å². The summed E-state index contributed by atoms with van der Waals surface area (Å²) in [6.07, 6.45) is 3.63. The fraction of sp³-hybridized carbons (Fsp3) is 0.400. The van der Waals surface area contributed by atoms with Gasteiger partial charge >= 0.3 is 0 Å². The Morgan fingerprint density at radius 3 is 2.32 bits per heavy atom. The van der Waals surface area contributed by atoms with E-state index in [0.717, 1.165) is 17.7 Å². The molecule has 3 aromatic rings. The Morgan fingerprint density at radius 2 is 1.86 bits per heavy atom. The largest absolute Gasteiger partial charge is 0.376 e. The Morgan fingerprint density at radius 1 is 1.22 bits per heavy atom. The van der Waals surface area contributed by atoms with E-state index in [1.807, 2.05) is 20.4 Å². The van der Waals surface area contributed by atoms with Crippen molar-refractivity contribution in [3.8, 4) is 6.07 Å². The first-order chi connectivity index (χ1) is 17.5. The number of ketones is 1. The van der Waals surface area contributed by atoms with Crippen LogP contribution in [0.1, 0.15) is 46.6 Å². The molecule has 0 bridgehead atoms. The SMILES string of the molecule is CC(=O)c1cn(C2CC2)c2cc(N3CCN(C(N)=S)CC3)c(F)cc2c1=O.Cc1sn(C)c(=O)c1C#N. The maximum Gasteiger partial charge on any atom is 0.278 e. The summed E-state index contributed by atoms with van der Waals surface area (Å²) in [6, 6.07) is 5.14. The second-order valence-corrected chi connectivity index (χ2v) is 10.9. The number of anilines is 1. The smallest absolute Gasteiger partial charge is 0.278 e. The fourth-order valence-corrected chi connectivity index (χ4v) is 5.39. The number of halogens is 1. The molecule has 1 saturated heterocycles. The molecular formula is C25H27FN6O3S2. The number of thiocarbonyl (C=S) groups is 1. The van der Waals surface area contributed by atoms with Gasteiger partial charge in [0.05, 0.1) is 16.8 Å². The average molecular weight is 543 g/mol. The van der Waals surface area contributed by atoms with Gasteiger partial charge in [0.1, 0.15) is 17.4 Å². The molecule has 0 radical (unpaired) electrons. The number of fused-ring (bicyclic) bond motifs is 1. The van der Waals surface area contributed by atoms with Crippen LogP contribution in [-0.2, 0) is 7.05 Å². The molecule has 1 aliphatic heterocycles. The maximum absolute atomic E-state index is 14.9. The van der Waals surface area contributed by atoms with Crippen molar-refractivity contribution in [2.45, 2.75) is 32.7 Å². The summed E-state index contributed by atoms with van der Waals surface area (Å²) < 4.78 is 18.3. The van der Waals surface area contributed by atoms with Crippen molar-refractivity contribution in [3.63, 3.8) is 0 Å². The number of aryl methyl sites for hydroxylation is 2. The van der Waals surface area contributed by atoms with Crippen molar-refractivity contribution in [1.82, 2.24) is 13.4 Å². The summed E-state index contributed by atoms with van der Waals surface area (Å²) in [5.74, 6) is -0.749. The van der Waals surface area contributed by atoms with Crippen LogP contribution in [0.3, 0.4) is 0 Å². The highest BCUT2D eigenvalue weighted by atomic mass is 32.1. The van der Waals surface area contributed by atoms with Gasteiger partial charge in [-0.15, -0.1) is 0 Å². The monoisotopic (exact) mass is 542 g/mol. The molecule has 1 aliphatic carbocycles. The van der Waals surface area contributed by atoms with E-state index in [9.17, 15) is 18.8 Å². The minimum Gasteiger partial charge on any atom is -0.376 e. The Hall–Kier alpha value is -3.56. The summed E-state index contributed by atoms with van der Waals surface area (Å²) in [5, 5.41) is 9.07. The van der Waals surface area contributed by atoms with E-state index < -0.39 is 11.2 Å². The van der Waals surface area contributed by atoms with E-state index in [2.05, 4.69) is 0 Å². The molecule has 37 heavy (non-hydrogen) atoms. The van der Waals surface area contributed by atoms with Gasteiger partial charge in [-0.1, -0.05) is 11.5 Å². The molecule has 2 N–H and O–H groups in total. The lowest BCUT2D eigenvalue weighted by Gasteiger charge is -2.36. The number of carbonyl (C=O) groups excluding carboxylic acids is 1. The number of benzene rings is 1. The molecule has 0 atom stereocenters. The number of pyridine rings is 1. The number of piperazine rings is 1. The number of nitrogens with zero attached hydrogens (tertiary/aromatic N) is 5. The summed E-state index contributed by atoms with van der Waals surface area (Å²) >= 11 is 6.31. The van der Waals surface area contributed by atoms with Crippen molar-refractivity contribution in [2.75, 3.05) is 31.1 Å². The van der Waals surface area contributed by atoms with Crippen LogP contribution in [0.4, 0.5) is 10.1 Å². The lowest BCUT2D eigenvalue weighted by atomic mass is 10.1. The highest BCUT2D eigenvalue weighted by Crippen LogP contribution is 2.38. The first kappa shape index (κ1) is 26.5. The van der Waals surface area contributed by atoms with Crippen LogP contribution in [0.15, 0.2) is 27.9 Å². The van der Waals surface area contributed by atoms with E-state index in [4.69, 9.17) is 23.2 Å². The molecule has 1 aromatic carbocycles. The van der Waals surface area contributed by atoms with E-state index in [0.29, 0.717) is 42.5 Å². The second kappa shape index (κ2) is 10.4. The molecule has 2 aliphatic rings. The molecule has 2 aromatic heterocycles. The van der Waals surface area contributed by atoms with Crippen molar-refractivity contribution < 1.29 is 9.18 Å². The number of carbonyl (C=O) groups is 1. The van der Waals surface area contributed by atoms with Crippen LogP contribution < -0.4 is 21.6 Å². The van der Waals surface area contributed by atoms with E-state index in [-0.39, 0.29) is 33.9 Å². The van der Waals surface area contributed by atoms with Gasteiger partial charge in [-0.2, -0.15) is 5.26 Å². The minimum atomic E-state index is -0.452. The Kier molecular flexibility index (Phi) is 7.47. The van der Waals surface area contributed by atoms with Crippen molar-refractivity contribution in [2.24, 2.45) is 12.8 Å². The third-order valence-electron chi connectivity index (χ3n) is 6.59. The number of nitrogens with two attached hydrogens (primary N) is 1. The molecule has 3 heterocycles. The molecule has 194 valence electrons.